The van der Waals surface area contributed by atoms with Crippen LogP contribution >= 0.6 is 0 Å². The van der Waals surface area contributed by atoms with Crippen molar-refractivity contribution in [2.24, 2.45) is 0 Å². The lowest BCUT2D eigenvalue weighted by Gasteiger charge is -2.23. The number of hydrogen-bond donors (Lipinski definition) is 2. The smallest absolute Gasteiger partial charge is 0.224 e. The van der Waals surface area contributed by atoms with Crippen molar-refractivity contribution in [3.05, 3.63) is 48.0 Å². The van der Waals surface area contributed by atoms with Crippen LogP contribution in [0.3, 0.4) is 0 Å². The summed E-state index contributed by atoms with van der Waals surface area (Å²) in [5, 5.41) is 0.652. The number of carbonyl (C=O) groups is 1. The van der Waals surface area contributed by atoms with Gasteiger partial charge in [0.25, 0.3) is 0 Å². The maximum absolute atomic E-state index is 12.3. The third kappa shape index (κ3) is 3.82. The largest absolute Gasteiger partial charge is 0.383 e. The molecule has 1 heterocycles. The van der Waals surface area contributed by atoms with Crippen molar-refractivity contribution in [1.29, 1.82) is 0 Å². The maximum atomic E-state index is 12.3. The van der Waals surface area contributed by atoms with E-state index in [1.807, 2.05) is 0 Å². The van der Waals surface area contributed by atoms with Gasteiger partial charge in [0.1, 0.15) is 5.82 Å². The Hall–Kier alpha value is -3.20. The lowest BCUT2D eigenvalue weighted by Crippen LogP contribution is -2.29. The quantitative estimate of drug-likeness (QED) is 0.699. The standard InChI is InChI=1S/C18H19N5O3S/c1-11(24)23(15-5-3-4-6-16(15)27(2,25)26)10-12-7-8-13-14(9-12)21-18(20)22-17(13)19/h3-9H,10H2,1-2H3,(H4,19,20,21,22). The monoisotopic (exact) mass is 385 g/mol. The van der Waals surface area contributed by atoms with E-state index in [1.165, 1.54) is 17.9 Å². The molecule has 4 N–H and O–H groups in total. The molecule has 0 bridgehead atoms. The van der Waals surface area contributed by atoms with Crippen LogP contribution in [0.25, 0.3) is 10.9 Å². The van der Waals surface area contributed by atoms with E-state index in [2.05, 4.69) is 9.97 Å². The van der Waals surface area contributed by atoms with Crippen molar-refractivity contribution >= 4 is 44.1 Å². The van der Waals surface area contributed by atoms with Crippen LogP contribution in [0, 0.1) is 0 Å². The van der Waals surface area contributed by atoms with Gasteiger partial charge in [0.05, 0.1) is 22.6 Å². The second-order valence-electron chi connectivity index (χ2n) is 6.16. The summed E-state index contributed by atoms with van der Waals surface area (Å²) in [6, 6.07) is 11.7. The van der Waals surface area contributed by atoms with Crippen LogP contribution in [-0.2, 0) is 21.2 Å². The van der Waals surface area contributed by atoms with E-state index in [0.717, 1.165) is 11.8 Å². The van der Waals surface area contributed by atoms with Gasteiger partial charge in [-0.2, -0.15) is 4.98 Å². The fraction of sp³-hybridized carbons (Fsp3) is 0.167. The van der Waals surface area contributed by atoms with Crippen molar-refractivity contribution in [3.63, 3.8) is 0 Å². The Morgan fingerprint density at radius 1 is 1.11 bits per heavy atom. The molecule has 0 fully saturated rings. The SMILES string of the molecule is CC(=O)N(Cc1ccc2c(N)nc(N)nc2c1)c1ccccc1S(C)(=O)=O. The lowest BCUT2D eigenvalue weighted by atomic mass is 10.1. The zero-order valence-electron chi connectivity index (χ0n) is 14.9. The number of nitrogens with two attached hydrogens (primary N) is 2. The van der Waals surface area contributed by atoms with Gasteiger partial charge in [0, 0.05) is 18.6 Å². The van der Waals surface area contributed by atoms with Crippen molar-refractivity contribution < 1.29 is 13.2 Å². The van der Waals surface area contributed by atoms with Gasteiger partial charge >= 0.3 is 0 Å². The van der Waals surface area contributed by atoms with Crippen molar-refractivity contribution in [3.8, 4) is 0 Å². The Kier molecular flexibility index (Phi) is 4.71. The van der Waals surface area contributed by atoms with Crippen LogP contribution in [0.5, 0.6) is 0 Å². The summed E-state index contributed by atoms with van der Waals surface area (Å²) in [4.78, 5) is 21.9. The highest BCUT2D eigenvalue weighted by atomic mass is 32.2. The van der Waals surface area contributed by atoms with Crippen LogP contribution < -0.4 is 16.4 Å². The molecule has 0 aliphatic heterocycles. The molecule has 0 unspecified atom stereocenters. The molecule has 27 heavy (non-hydrogen) atoms. The molecule has 0 atom stereocenters. The predicted molar refractivity (Wildman–Crippen MR) is 105 cm³/mol. The average Bonchev–Trinajstić information content (AvgIpc) is 2.58. The number of anilines is 3. The zero-order chi connectivity index (χ0) is 19.8. The minimum Gasteiger partial charge on any atom is -0.383 e. The lowest BCUT2D eigenvalue weighted by molar-refractivity contribution is -0.116. The van der Waals surface area contributed by atoms with Crippen LogP contribution in [0.1, 0.15) is 12.5 Å². The summed E-state index contributed by atoms with van der Waals surface area (Å²) < 4.78 is 24.2. The van der Waals surface area contributed by atoms with Crippen molar-refractivity contribution in [2.45, 2.75) is 18.4 Å². The fourth-order valence-corrected chi connectivity index (χ4v) is 3.74. The Morgan fingerprint density at radius 3 is 2.48 bits per heavy atom. The highest BCUT2D eigenvalue weighted by molar-refractivity contribution is 7.90. The number of rotatable bonds is 4. The van der Waals surface area contributed by atoms with Gasteiger partial charge in [-0.3, -0.25) is 4.79 Å². The number of fused-ring (bicyclic) bond motifs is 1. The molecule has 8 nitrogen and oxygen atoms in total. The highest BCUT2D eigenvalue weighted by Crippen LogP contribution is 2.28. The van der Waals surface area contributed by atoms with Gasteiger partial charge in [-0.25, -0.2) is 13.4 Å². The van der Waals surface area contributed by atoms with Crippen LogP contribution in [0.15, 0.2) is 47.4 Å². The molecule has 2 aromatic carbocycles. The third-order valence-electron chi connectivity index (χ3n) is 4.08. The molecule has 0 spiro atoms. The van der Waals surface area contributed by atoms with E-state index in [1.54, 1.807) is 36.4 Å². The van der Waals surface area contributed by atoms with Gasteiger partial charge in [0.15, 0.2) is 9.84 Å². The molecule has 0 aliphatic rings. The van der Waals surface area contributed by atoms with Gasteiger partial charge in [-0.15, -0.1) is 0 Å². The van der Waals surface area contributed by atoms with E-state index in [0.29, 0.717) is 16.6 Å². The van der Waals surface area contributed by atoms with Crippen molar-refractivity contribution in [1.82, 2.24) is 9.97 Å². The minimum absolute atomic E-state index is 0.0583. The van der Waals surface area contributed by atoms with Gasteiger partial charge < -0.3 is 16.4 Å². The van der Waals surface area contributed by atoms with Crippen molar-refractivity contribution in [2.75, 3.05) is 22.6 Å². The maximum Gasteiger partial charge on any atom is 0.224 e. The highest BCUT2D eigenvalue weighted by Gasteiger charge is 2.21. The summed E-state index contributed by atoms with van der Waals surface area (Å²) >= 11 is 0. The molecular weight excluding hydrogens is 366 g/mol. The molecule has 0 saturated heterocycles. The second-order valence-corrected chi connectivity index (χ2v) is 8.15. The van der Waals surface area contributed by atoms with E-state index in [-0.39, 0.29) is 29.1 Å². The first-order chi connectivity index (χ1) is 12.7. The van der Waals surface area contributed by atoms with E-state index in [9.17, 15) is 13.2 Å². The first-order valence-electron chi connectivity index (χ1n) is 8.05. The number of nitrogens with zero attached hydrogens (tertiary/aromatic N) is 3. The predicted octanol–water partition coefficient (Wildman–Crippen LogP) is 1.75. The van der Waals surface area contributed by atoms with Crippen LogP contribution in [0.2, 0.25) is 0 Å². The van der Waals surface area contributed by atoms with E-state index < -0.39 is 9.84 Å². The molecule has 140 valence electrons. The van der Waals surface area contributed by atoms with Gasteiger partial charge in [-0.1, -0.05) is 18.2 Å². The molecule has 0 radical (unpaired) electrons. The topological polar surface area (TPSA) is 132 Å². The first kappa shape index (κ1) is 18.6. The summed E-state index contributed by atoms with van der Waals surface area (Å²) in [5.74, 6) is 0.0470. The molecule has 1 aromatic heterocycles. The molecule has 0 aliphatic carbocycles. The van der Waals surface area contributed by atoms with Crippen LogP contribution in [-0.4, -0.2) is 30.5 Å². The number of sulfone groups is 1. The van der Waals surface area contributed by atoms with E-state index in [4.69, 9.17) is 11.5 Å². The second kappa shape index (κ2) is 6.84. The normalized spacial score (nSPS) is 11.5. The summed E-state index contributed by atoms with van der Waals surface area (Å²) in [7, 11) is -3.50. The van der Waals surface area contributed by atoms with Crippen LogP contribution in [0.4, 0.5) is 17.5 Å². The number of carbonyl (C=O) groups excluding carboxylic acids is 1. The summed E-state index contributed by atoms with van der Waals surface area (Å²) in [6.45, 7) is 1.56. The third-order valence-corrected chi connectivity index (χ3v) is 5.23. The minimum atomic E-state index is -3.50. The number of amides is 1. The molecule has 1 amide bonds. The van der Waals surface area contributed by atoms with E-state index >= 15 is 0 Å². The average molecular weight is 385 g/mol. The molecule has 3 aromatic rings. The number of benzene rings is 2. The molecule has 9 heteroatoms. The Morgan fingerprint density at radius 2 is 1.81 bits per heavy atom. The Bertz CT molecular complexity index is 1140. The fourth-order valence-electron chi connectivity index (χ4n) is 2.86. The number of nitrogen functional groups attached to an aromatic ring is 2. The van der Waals surface area contributed by atoms with Gasteiger partial charge in [-0.05, 0) is 29.8 Å². The number of hydrogen-bond acceptors (Lipinski definition) is 7. The van der Waals surface area contributed by atoms with Gasteiger partial charge in [0.2, 0.25) is 11.9 Å². The first-order valence-corrected chi connectivity index (χ1v) is 9.95. The number of para-hydroxylation sites is 1. The molecule has 0 saturated carbocycles. The Labute approximate surface area is 156 Å². The molecule has 3 rings (SSSR count). The number of aromatic nitrogens is 2. The summed E-state index contributed by atoms with van der Waals surface area (Å²) in [6.07, 6.45) is 1.11. The molecular formula is C18H19N5O3S. The summed E-state index contributed by atoms with van der Waals surface area (Å²) in [5.41, 5.74) is 13.1. The zero-order valence-corrected chi connectivity index (χ0v) is 15.7. The Balaban J connectivity index is 2.07.